The predicted molar refractivity (Wildman–Crippen MR) is 90.9 cm³/mol. The molecule has 1 unspecified atom stereocenters. The quantitative estimate of drug-likeness (QED) is 0.496. The monoisotopic (exact) mass is 314 g/mol. The molecular formula is C19H26N2O2. The summed E-state index contributed by atoms with van der Waals surface area (Å²) < 4.78 is 0. The summed E-state index contributed by atoms with van der Waals surface area (Å²) in [6.07, 6.45) is 11.2. The maximum atomic E-state index is 11.0. The van der Waals surface area contributed by atoms with Crippen LogP contribution in [0, 0.1) is 5.92 Å². The minimum absolute atomic E-state index is 0.507. The number of amides is 1. The molecule has 3 rings (SSSR count). The Hall–Kier alpha value is -1.65. The average molecular weight is 314 g/mol. The molecule has 4 heteroatoms. The maximum absolute atomic E-state index is 11.0. The minimum Gasteiger partial charge on any atom is -0.296 e. The van der Waals surface area contributed by atoms with E-state index in [2.05, 4.69) is 17.0 Å². The number of likely N-dealkylation sites (tertiary alicyclic amines) is 1. The third-order valence-electron chi connectivity index (χ3n) is 5.19. The summed E-state index contributed by atoms with van der Waals surface area (Å²) in [6, 6.07) is 8.99. The second-order valence-corrected chi connectivity index (χ2v) is 6.78. The van der Waals surface area contributed by atoms with E-state index in [0.717, 1.165) is 11.5 Å². The van der Waals surface area contributed by atoms with Gasteiger partial charge in [-0.25, -0.2) is 5.48 Å². The van der Waals surface area contributed by atoms with E-state index in [1.807, 2.05) is 12.1 Å². The van der Waals surface area contributed by atoms with Crippen molar-refractivity contribution in [3.8, 4) is 0 Å². The van der Waals surface area contributed by atoms with Crippen LogP contribution in [-0.4, -0.2) is 29.1 Å². The van der Waals surface area contributed by atoms with Gasteiger partial charge in [-0.15, -0.1) is 0 Å². The molecule has 0 spiro atoms. The summed E-state index contributed by atoms with van der Waals surface area (Å²) in [5.74, 6) is 0.391. The third kappa shape index (κ3) is 4.21. The number of hydrogen-bond acceptors (Lipinski definition) is 3. The maximum Gasteiger partial charge on any atom is 0.267 e. The van der Waals surface area contributed by atoms with E-state index in [9.17, 15) is 4.79 Å². The van der Waals surface area contributed by atoms with Crippen molar-refractivity contribution in [1.82, 2.24) is 10.4 Å². The Morgan fingerprint density at radius 1 is 1.17 bits per heavy atom. The van der Waals surface area contributed by atoms with Crippen molar-refractivity contribution in [1.29, 1.82) is 0 Å². The zero-order chi connectivity index (χ0) is 16.1. The summed E-state index contributed by atoms with van der Waals surface area (Å²) >= 11 is 0. The number of nitrogens with one attached hydrogen (secondary N) is 1. The molecule has 1 aliphatic heterocycles. The van der Waals surface area contributed by atoms with Crippen molar-refractivity contribution >= 4 is 12.0 Å². The molecule has 1 aliphatic carbocycles. The number of carbonyl (C=O) groups is 1. The van der Waals surface area contributed by atoms with E-state index in [1.54, 1.807) is 11.6 Å². The topological polar surface area (TPSA) is 52.6 Å². The molecule has 4 nitrogen and oxygen atoms in total. The second kappa shape index (κ2) is 7.75. The Morgan fingerprint density at radius 3 is 2.61 bits per heavy atom. The lowest BCUT2D eigenvalue weighted by Crippen LogP contribution is -2.28. The third-order valence-corrected chi connectivity index (χ3v) is 5.19. The molecule has 1 amide bonds. The first-order valence-corrected chi connectivity index (χ1v) is 8.72. The van der Waals surface area contributed by atoms with Crippen molar-refractivity contribution in [2.45, 2.75) is 44.6 Å². The van der Waals surface area contributed by atoms with Crippen LogP contribution in [0.3, 0.4) is 0 Å². The first kappa shape index (κ1) is 16.2. The Morgan fingerprint density at radius 2 is 1.91 bits per heavy atom. The molecule has 0 aromatic heterocycles. The van der Waals surface area contributed by atoms with Crippen molar-refractivity contribution in [3.05, 3.63) is 41.5 Å². The summed E-state index contributed by atoms with van der Waals surface area (Å²) in [4.78, 5) is 13.7. The molecule has 1 saturated heterocycles. The van der Waals surface area contributed by atoms with Crippen LogP contribution >= 0.6 is 0 Å². The van der Waals surface area contributed by atoms with Crippen molar-refractivity contribution < 1.29 is 10.0 Å². The predicted octanol–water partition coefficient (Wildman–Crippen LogP) is 3.53. The summed E-state index contributed by atoms with van der Waals surface area (Å²) in [5, 5.41) is 8.49. The van der Waals surface area contributed by atoms with Crippen LogP contribution in [0.15, 0.2) is 30.3 Å². The highest BCUT2D eigenvalue weighted by molar-refractivity contribution is 5.90. The van der Waals surface area contributed by atoms with Gasteiger partial charge < -0.3 is 0 Å². The van der Waals surface area contributed by atoms with Gasteiger partial charge in [-0.1, -0.05) is 37.1 Å². The smallest absolute Gasteiger partial charge is 0.267 e. The lowest BCUT2D eigenvalue weighted by molar-refractivity contribution is -0.124. The van der Waals surface area contributed by atoms with E-state index in [0.29, 0.717) is 6.04 Å². The van der Waals surface area contributed by atoms with Crippen LogP contribution in [0.2, 0.25) is 0 Å². The standard InChI is InChI=1S/C19H26N2O2/c22-19(20-23)12-9-15-7-10-17(11-8-15)18-6-3-13-21(18)14-16-4-1-2-5-16/h7-12,16,18,23H,1-6,13-14H2,(H,20,22)/b12-9+. The minimum atomic E-state index is -0.507. The van der Waals surface area contributed by atoms with Gasteiger partial charge in [0.2, 0.25) is 0 Å². The second-order valence-electron chi connectivity index (χ2n) is 6.78. The van der Waals surface area contributed by atoms with Crippen LogP contribution in [0.5, 0.6) is 0 Å². The highest BCUT2D eigenvalue weighted by Gasteiger charge is 2.28. The molecule has 1 aromatic carbocycles. The lowest BCUT2D eigenvalue weighted by Gasteiger charge is -2.27. The normalized spacial score (nSPS) is 22.9. The molecule has 0 bridgehead atoms. The zero-order valence-corrected chi connectivity index (χ0v) is 13.6. The van der Waals surface area contributed by atoms with Gasteiger partial charge in [0.05, 0.1) is 0 Å². The average Bonchev–Trinajstić information content (AvgIpc) is 3.25. The number of carbonyl (C=O) groups excluding carboxylic acids is 1. The van der Waals surface area contributed by atoms with E-state index in [-0.39, 0.29) is 0 Å². The van der Waals surface area contributed by atoms with Gasteiger partial charge in [-0.2, -0.15) is 0 Å². The van der Waals surface area contributed by atoms with E-state index >= 15 is 0 Å². The van der Waals surface area contributed by atoms with E-state index < -0.39 is 5.91 Å². The van der Waals surface area contributed by atoms with Gasteiger partial charge >= 0.3 is 0 Å². The van der Waals surface area contributed by atoms with Crippen molar-refractivity contribution in [2.24, 2.45) is 5.92 Å². The largest absolute Gasteiger partial charge is 0.296 e. The summed E-state index contributed by atoms with van der Waals surface area (Å²) in [5.41, 5.74) is 3.95. The number of hydrogen-bond donors (Lipinski definition) is 2. The fraction of sp³-hybridized carbons (Fsp3) is 0.526. The van der Waals surface area contributed by atoms with Gasteiger partial charge in [0, 0.05) is 18.7 Å². The number of benzene rings is 1. The van der Waals surface area contributed by atoms with E-state index in [1.165, 1.54) is 63.3 Å². The zero-order valence-electron chi connectivity index (χ0n) is 13.6. The SMILES string of the molecule is O=C(/C=C/c1ccc(C2CCCN2CC2CCCC2)cc1)NO. The van der Waals surface area contributed by atoms with Crippen LogP contribution in [0.4, 0.5) is 0 Å². The Labute approximate surface area is 138 Å². The molecule has 2 N–H and O–H groups in total. The first-order valence-electron chi connectivity index (χ1n) is 8.72. The van der Waals surface area contributed by atoms with Gasteiger partial charge in [-0.3, -0.25) is 14.9 Å². The van der Waals surface area contributed by atoms with Gasteiger partial charge in [0.25, 0.3) is 5.91 Å². The number of rotatable bonds is 5. The van der Waals surface area contributed by atoms with Crippen LogP contribution in [0.1, 0.15) is 55.7 Å². The van der Waals surface area contributed by atoms with Gasteiger partial charge in [-0.05, 0) is 55.3 Å². The highest BCUT2D eigenvalue weighted by Crippen LogP contribution is 2.35. The highest BCUT2D eigenvalue weighted by atomic mass is 16.5. The van der Waals surface area contributed by atoms with Crippen LogP contribution < -0.4 is 5.48 Å². The first-order chi connectivity index (χ1) is 11.3. The Balaban J connectivity index is 1.63. The molecule has 0 radical (unpaired) electrons. The summed E-state index contributed by atoms with van der Waals surface area (Å²) in [7, 11) is 0. The molecular weight excluding hydrogens is 288 g/mol. The molecule has 124 valence electrons. The van der Waals surface area contributed by atoms with E-state index in [4.69, 9.17) is 5.21 Å². The molecule has 2 aliphatic rings. The fourth-order valence-corrected chi connectivity index (χ4v) is 3.99. The fourth-order valence-electron chi connectivity index (χ4n) is 3.99. The molecule has 1 saturated carbocycles. The van der Waals surface area contributed by atoms with Gasteiger partial charge in [0.1, 0.15) is 0 Å². The molecule has 1 atom stereocenters. The van der Waals surface area contributed by atoms with Crippen molar-refractivity contribution in [3.63, 3.8) is 0 Å². The molecule has 1 heterocycles. The molecule has 2 fully saturated rings. The Bertz CT molecular complexity index is 547. The van der Waals surface area contributed by atoms with Crippen LogP contribution in [0.25, 0.3) is 6.08 Å². The van der Waals surface area contributed by atoms with Crippen molar-refractivity contribution in [2.75, 3.05) is 13.1 Å². The molecule has 23 heavy (non-hydrogen) atoms. The number of nitrogens with zero attached hydrogens (tertiary/aromatic N) is 1. The Kier molecular flexibility index (Phi) is 5.47. The van der Waals surface area contributed by atoms with Crippen LogP contribution in [-0.2, 0) is 4.79 Å². The number of hydroxylamine groups is 1. The summed E-state index contributed by atoms with van der Waals surface area (Å²) in [6.45, 7) is 2.47. The molecule has 1 aromatic rings. The lowest BCUT2D eigenvalue weighted by atomic mass is 10.0. The van der Waals surface area contributed by atoms with Gasteiger partial charge in [0.15, 0.2) is 0 Å².